The van der Waals surface area contributed by atoms with Crippen molar-refractivity contribution in [3.05, 3.63) is 42.9 Å². The van der Waals surface area contributed by atoms with Crippen LogP contribution in [0.3, 0.4) is 0 Å². The topological polar surface area (TPSA) is 43.8 Å². The van der Waals surface area contributed by atoms with E-state index in [2.05, 4.69) is 17.1 Å². The predicted molar refractivity (Wildman–Crippen MR) is 64.0 cm³/mol. The van der Waals surface area contributed by atoms with Crippen LogP contribution in [0, 0.1) is 0 Å². The number of rotatable bonds is 3. The van der Waals surface area contributed by atoms with Crippen molar-refractivity contribution in [3.8, 4) is 11.3 Å². The number of aromatic nitrogens is 2. The molecule has 15 heavy (non-hydrogen) atoms. The summed E-state index contributed by atoms with van der Waals surface area (Å²) in [7, 11) is 0. The molecule has 80 valence electrons. The smallest absolute Gasteiger partial charge is 0.0954 e. The van der Waals surface area contributed by atoms with E-state index in [9.17, 15) is 0 Å². The van der Waals surface area contributed by atoms with Crippen LogP contribution in [0.4, 0.5) is 0 Å². The summed E-state index contributed by atoms with van der Waals surface area (Å²) < 4.78 is 2.00. The second-order valence-corrected chi connectivity index (χ2v) is 3.15. The van der Waals surface area contributed by atoms with Crippen molar-refractivity contribution in [3.63, 3.8) is 0 Å². The van der Waals surface area contributed by atoms with E-state index < -0.39 is 0 Å². The van der Waals surface area contributed by atoms with Gasteiger partial charge in [0.25, 0.3) is 0 Å². The summed E-state index contributed by atoms with van der Waals surface area (Å²) in [6, 6.07) is 10.1. The van der Waals surface area contributed by atoms with E-state index in [-0.39, 0.29) is 12.4 Å². The van der Waals surface area contributed by atoms with Crippen molar-refractivity contribution in [1.82, 2.24) is 9.55 Å². The van der Waals surface area contributed by atoms with Gasteiger partial charge in [0.05, 0.1) is 12.0 Å². The van der Waals surface area contributed by atoms with E-state index in [1.54, 1.807) is 0 Å². The maximum atomic E-state index is 5.46. The molecule has 1 aromatic carbocycles. The zero-order valence-corrected chi connectivity index (χ0v) is 9.15. The number of hydrogen-bond acceptors (Lipinski definition) is 2. The average Bonchev–Trinajstić information content (AvgIpc) is 2.68. The summed E-state index contributed by atoms with van der Waals surface area (Å²) in [5.41, 5.74) is 7.60. The molecule has 2 rings (SSSR count). The van der Waals surface area contributed by atoms with Crippen LogP contribution in [-0.2, 0) is 6.54 Å². The molecule has 0 bridgehead atoms. The summed E-state index contributed by atoms with van der Waals surface area (Å²) in [5.74, 6) is 0. The third kappa shape index (κ3) is 2.81. The monoisotopic (exact) mass is 223 g/mol. The minimum Gasteiger partial charge on any atom is -0.336 e. The van der Waals surface area contributed by atoms with Crippen molar-refractivity contribution in [2.24, 2.45) is 5.73 Å². The van der Waals surface area contributed by atoms with Crippen LogP contribution < -0.4 is 5.73 Å². The van der Waals surface area contributed by atoms with E-state index in [1.165, 1.54) is 0 Å². The molecule has 0 radical (unpaired) electrons. The van der Waals surface area contributed by atoms with Crippen molar-refractivity contribution in [1.29, 1.82) is 0 Å². The van der Waals surface area contributed by atoms with E-state index in [1.807, 2.05) is 35.3 Å². The molecule has 2 N–H and O–H groups in total. The number of nitrogens with zero attached hydrogens (tertiary/aromatic N) is 2. The molecule has 0 saturated carbocycles. The molecule has 0 saturated heterocycles. The van der Waals surface area contributed by atoms with E-state index in [4.69, 9.17) is 5.73 Å². The van der Waals surface area contributed by atoms with Crippen molar-refractivity contribution in [2.75, 3.05) is 6.54 Å². The molecule has 0 spiro atoms. The Hall–Kier alpha value is -1.32. The molecule has 0 aliphatic rings. The van der Waals surface area contributed by atoms with Crippen molar-refractivity contribution < 1.29 is 0 Å². The Morgan fingerprint density at radius 2 is 1.93 bits per heavy atom. The Balaban J connectivity index is 0.00000112. The zero-order valence-electron chi connectivity index (χ0n) is 8.34. The summed E-state index contributed by atoms with van der Waals surface area (Å²) >= 11 is 0. The number of imidazole rings is 1. The third-order valence-corrected chi connectivity index (χ3v) is 2.09. The van der Waals surface area contributed by atoms with Gasteiger partial charge in [-0.15, -0.1) is 12.4 Å². The van der Waals surface area contributed by atoms with Crippen molar-refractivity contribution >= 4 is 12.4 Å². The molecule has 4 heteroatoms. The van der Waals surface area contributed by atoms with Crippen LogP contribution in [0.25, 0.3) is 11.3 Å². The van der Waals surface area contributed by atoms with E-state index >= 15 is 0 Å². The molecule has 1 heterocycles. The fraction of sp³-hybridized carbons (Fsp3) is 0.182. The largest absolute Gasteiger partial charge is 0.336 e. The molecule has 0 atom stereocenters. The Morgan fingerprint density at radius 3 is 2.60 bits per heavy atom. The molecule has 1 aromatic heterocycles. The molecule has 3 nitrogen and oxygen atoms in total. The molecule has 0 unspecified atom stereocenters. The number of benzene rings is 1. The Bertz CT molecular complexity index is 397. The Labute approximate surface area is 95.4 Å². The highest BCUT2D eigenvalue weighted by Crippen LogP contribution is 2.15. The van der Waals surface area contributed by atoms with E-state index in [0.29, 0.717) is 6.54 Å². The first-order valence-corrected chi connectivity index (χ1v) is 4.67. The molecule has 0 aliphatic heterocycles. The van der Waals surface area contributed by atoms with Gasteiger partial charge in [0.1, 0.15) is 0 Å². The van der Waals surface area contributed by atoms with Crippen molar-refractivity contribution in [2.45, 2.75) is 6.54 Å². The summed E-state index contributed by atoms with van der Waals surface area (Å²) in [4.78, 5) is 4.31. The normalized spacial score (nSPS) is 9.67. The van der Waals surface area contributed by atoms with Crippen LogP contribution in [0.2, 0.25) is 0 Å². The predicted octanol–water partition coefficient (Wildman–Crippen LogP) is 1.93. The molecular formula is C11H14ClN3. The Kier molecular flexibility index (Phi) is 4.34. The highest BCUT2D eigenvalue weighted by atomic mass is 35.5. The first kappa shape index (κ1) is 11.8. The van der Waals surface area contributed by atoms with Gasteiger partial charge < -0.3 is 10.3 Å². The summed E-state index contributed by atoms with van der Waals surface area (Å²) in [6.07, 6.45) is 3.83. The minimum absolute atomic E-state index is 0. The lowest BCUT2D eigenvalue weighted by molar-refractivity contribution is 0.708. The van der Waals surface area contributed by atoms with Crippen LogP contribution in [0.1, 0.15) is 0 Å². The van der Waals surface area contributed by atoms with Gasteiger partial charge in [0, 0.05) is 24.8 Å². The highest BCUT2D eigenvalue weighted by molar-refractivity contribution is 5.85. The molecule has 0 amide bonds. The van der Waals surface area contributed by atoms with Crippen LogP contribution in [0.15, 0.2) is 42.9 Å². The van der Waals surface area contributed by atoms with Gasteiger partial charge in [-0.25, -0.2) is 4.98 Å². The lowest BCUT2D eigenvalue weighted by Crippen LogP contribution is -2.07. The molecule has 2 aromatic rings. The fourth-order valence-corrected chi connectivity index (χ4v) is 1.39. The number of halogens is 1. The van der Waals surface area contributed by atoms with Gasteiger partial charge in [-0.2, -0.15) is 0 Å². The van der Waals surface area contributed by atoms with Gasteiger partial charge in [0.15, 0.2) is 0 Å². The van der Waals surface area contributed by atoms with E-state index in [0.717, 1.165) is 17.8 Å². The molecule has 0 fully saturated rings. The number of nitrogens with two attached hydrogens (primary N) is 1. The van der Waals surface area contributed by atoms with Gasteiger partial charge in [-0.3, -0.25) is 0 Å². The van der Waals surface area contributed by atoms with Gasteiger partial charge in [-0.05, 0) is 0 Å². The van der Waals surface area contributed by atoms with Crippen LogP contribution >= 0.6 is 12.4 Å². The van der Waals surface area contributed by atoms with Gasteiger partial charge >= 0.3 is 0 Å². The fourth-order valence-electron chi connectivity index (χ4n) is 1.39. The molecule has 0 aliphatic carbocycles. The minimum atomic E-state index is 0. The van der Waals surface area contributed by atoms with Gasteiger partial charge in [-0.1, -0.05) is 30.3 Å². The second kappa shape index (κ2) is 5.53. The second-order valence-electron chi connectivity index (χ2n) is 3.15. The lowest BCUT2D eigenvalue weighted by Gasteiger charge is -1.96. The first-order chi connectivity index (χ1) is 6.90. The number of hydrogen-bond donors (Lipinski definition) is 1. The third-order valence-electron chi connectivity index (χ3n) is 2.09. The molecular weight excluding hydrogens is 210 g/mol. The summed E-state index contributed by atoms with van der Waals surface area (Å²) in [5, 5.41) is 0. The maximum Gasteiger partial charge on any atom is 0.0954 e. The first-order valence-electron chi connectivity index (χ1n) is 4.67. The summed E-state index contributed by atoms with van der Waals surface area (Å²) in [6.45, 7) is 1.46. The standard InChI is InChI=1S/C11H13N3.ClH/c12-6-7-14-8-11(13-9-14)10-4-2-1-3-5-10;/h1-5,8-9H,6-7,12H2;1H. The van der Waals surface area contributed by atoms with Gasteiger partial charge in [0.2, 0.25) is 0 Å². The maximum absolute atomic E-state index is 5.46. The highest BCUT2D eigenvalue weighted by Gasteiger charge is 1.99. The van der Waals surface area contributed by atoms with Crippen LogP contribution in [0.5, 0.6) is 0 Å². The Morgan fingerprint density at radius 1 is 1.20 bits per heavy atom. The lowest BCUT2D eigenvalue weighted by atomic mass is 10.2. The zero-order chi connectivity index (χ0) is 9.80. The quantitative estimate of drug-likeness (QED) is 0.864. The van der Waals surface area contributed by atoms with Crippen LogP contribution in [-0.4, -0.2) is 16.1 Å². The SMILES string of the molecule is Cl.NCCn1cnc(-c2ccccc2)c1. The average molecular weight is 224 g/mol.